The van der Waals surface area contributed by atoms with Gasteiger partial charge in [-0.1, -0.05) is 0 Å². The Bertz CT molecular complexity index is 502. The highest BCUT2D eigenvalue weighted by molar-refractivity contribution is 5.74. The lowest BCUT2D eigenvalue weighted by molar-refractivity contribution is -0.0529. The number of amides is 2. The van der Waals surface area contributed by atoms with Gasteiger partial charge in [-0.05, 0) is 37.3 Å². The van der Waals surface area contributed by atoms with Gasteiger partial charge in [0.1, 0.15) is 0 Å². The summed E-state index contributed by atoms with van der Waals surface area (Å²) < 4.78 is 28.4. The molecule has 2 unspecified atom stereocenters. The highest BCUT2D eigenvalue weighted by Crippen LogP contribution is 2.18. The van der Waals surface area contributed by atoms with Crippen LogP contribution in [0, 0.1) is 0 Å². The Hall–Kier alpha value is -1.96. The number of aromatic nitrogens is 1. The molecular formula is C14H19F2N3O3. The first-order chi connectivity index (χ1) is 10.5. The Morgan fingerprint density at radius 1 is 1.50 bits per heavy atom. The van der Waals surface area contributed by atoms with Crippen LogP contribution in [0.15, 0.2) is 18.3 Å². The highest BCUT2D eigenvalue weighted by atomic mass is 19.3. The summed E-state index contributed by atoms with van der Waals surface area (Å²) >= 11 is 0. The fraction of sp³-hybridized carbons (Fsp3) is 0.571. The molecule has 2 rings (SSSR count). The molecule has 2 atom stereocenters. The summed E-state index contributed by atoms with van der Waals surface area (Å²) in [5.74, 6) is -0.190. The van der Waals surface area contributed by atoms with Gasteiger partial charge in [0, 0.05) is 24.8 Å². The number of pyridine rings is 1. The number of hydrogen-bond acceptors (Lipinski definition) is 4. The fourth-order valence-electron chi connectivity index (χ4n) is 2.43. The summed E-state index contributed by atoms with van der Waals surface area (Å²) in [7, 11) is 0. The minimum Gasteiger partial charge on any atom is -0.417 e. The number of carbonyl (C=O) groups excluding carboxylic acids is 1. The zero-order valence-electron chi connectivity index (χ0n) is 12.0. The minimum absolute atomic E-state index is 0.0427. The number of alkyl halides is 2. The third kappa shape index (κ3) is 5.44. The maximum absolute atomic E-state index is 12.1. The first-order valence-corrected chi connectivity index (χ1v) is 7.15. The third-order valence-electron chi connectivity index (χ3n) is 3.44. The maximum Gasteiger partial charge on any atom is 0.388 e. The Morgan fingerprint density at radius 3 is 3.05 bits per heavy atom. The van der Waals surface area contributed by atoms with Crippen LogP contribution in [0.25, 0.3) is 0 Å². The molecule has 0 aliphatic heterocycles. The summed E-state index contributed by atoms with van der Waals surface area (Å²) in [5.41, 5.74) is 0.601. The number of aliphatic hydroxyl groups is 1. The van der Waals surface area contributed by atoms with Crippen LogP contribution in [0.1, 0.15) is 31.2 Å². The number of nitrogens with zero attached hydrogens (tertiary/aromatic N) is 1. The van der Waals surface area contributed by atoms with Gasteiger partial charge in [0.25, 0.3) is 0 Å². The van der Waals surface area contributed by atoms with Crippen molar-refractivity contribution in [1.82, 2.24) is 15.6 Å². The van der Waals surface area contributed by atoms with Crippen molar-refractivity contribution >= 4 is 6.03 Å². The molecule has 1 fully saturated rings. The van der Waals surface area contributed by atoms with Gasteiger partial charge >= 0.3 is 12.6 Å². The molecule has 0 aromatic carbocycles. The SMILES string of the molecule is O=C(NCc1ccnc(OC(F)F)c1)NC1CCCC(O)C1. The van der Waals surface area contributed by atoms with Crippen molar-refractivity contribution in [3.05, 3.63) is 23.9 Å². The summed E-state index contributed by atoms with van der Waals surface area (Å²) in [6, 6.07) is 2.55. The van der Waals surface area contributed by atoms with Crippen LogP contribution in [0.5, 0.6) is 5.88 Å². The van der Waals surface area contributed by atoms with Crippen molar-refractivity contribution in [3.8, 4) is 5.88 Å². The molecule has 2 amide bonds. The van der Waals surface area contributed by atoms with Crippen LogP contribution in [0.3, 0.4) is 0 Å². The molecule has 0 radical (unpaired) electrons. The molecule has 1 aliphatic rings. The first kappa shape index (κ1) is 16.4. The number of halogens is 2. The summed E-state index contributed by atoms with van der Waals surface area (Å²) in [6.07, 6.45) is 4.01. The van der Waals surface area contributed by atoms with Gasteiger partial charge in [0.15, 0.2) is 0 Å². The molecule has 1 aromatic rings. The second kappa shape index (κ2) is 7.88. The topological polar surface area (TPSA) is 83.5 Å². The van der Waals surface area contributed by atoms with Crippen molar-refractivity contribution in [3.63, 3.8) is 0 Å². The standard InChI is InChI=1S/C14H19F2N3O3/c15-13(16)22-12-6-9(4-5-17-12)8-18-14(21)19-10-2-1-3-11(20)7-10/h4-6,10-11,13,20H,1-3,7-8H2,(H2,18,19,21). The minimum atomic E-state index is -2.93. The molecule has 22 heavy (non-hydrogen) atoms. The number of carbonyl (C=O) groups is 1. The van der Waals surface area contributed by atoms with Crippen LogP contribution in [0.2, 0.25) is 0 Å². The van der Waals surface area contributed by atoms with E-state index in [1.807, 2.05) is 0 Å². The average Bonchev–Trinajstić information content (AvgIpc) is 2.45. The molecule has 1 aliphatic carbocycles. The lowest BCUT2D eigenvalue weighted by Gasteiger charge is -2.26. The van der Waals surface area contributed by atoms with Crippen molar-refractivity contribution in [2.45, 2.75) is 51.0 Å². The zero-order valence-corrected chi connectivity index (χ0v) is 12.0. The van der Waals surface area contributed by atoms with Crippen LogP contribution in [-0.4, -0.2) is 34.9 Å². The Morgan fingerprint density at radius 2 is 2.32 bits per heavy atom. The van der Waals surface area contributed by atoms with Crippen LogP contribution in [0.4, 0.5) is 13.6 Å². The van der Waals surface area contributed by atoms with E-state index in [4.69, 9.17) is 0 Å². The molecule has 3 N–H and O–H groups in total. The van der Waals surface area contributed by atoms with Crippen molar-refractivity contribution in [2.24, 2.45) is 0 Å². The van der Waals surface area contributed by atoms with Crippen molar-refractivity contribution in [1.29, 1.82) is 0 Å². The fourth-order valence-corrected chi connectivity index (χ4v) is 2.43. The molecule has 0 saturated heterocycles. The van der Waals surface area contributed by atoms with Crippen molar-refractivity contribution < 1.29 is 23.4 Å². The zero-order chi connectivity index (χ0) is 15.9. The predicted molar refractivity (Wildman–Crippen MR) is 74.5 cm³/mol. The summed E-state index contributed by atoms with van der Waals surface area (Å²) in [4.78, 5) is 15.4. The van der Waals surface area contributed by atoms with Crippen molar-refractivity contribution in [2.75, 3.05) is 0 Å². The van der Waals surface area contributed by atoms with Crippen LogP contribution >= 0.6 is 0 Å². The Labute approximate surface area is 126 Å². The number of nitrogens with one attached hydrogen (secondary N) is 2. The molecule has 1 heterocycles. The first-order valence-electron chi connectivity index (χ1n) is 7.15. The Balaban J connectivity index is 1.78. The van der Waals surface area contributed by atoms with Gasteiger partial charge < -0.3 is 20.5 Å². The smallest absolute Gasteiger partial charge is 0.388 e. The normalized spacial score (nSPS) is 21.5. The van der Waals surface area contributed by atoms with Gasteiger partial charge in [0.05, 0.1) is 6.10 Å². The van der Waals surface area contributed by atoms with Gasteiger partial charge in [-0.3, -0.25) is 0 Å². The highest BCUT2D eigenvalue weighted by Gasteiger charge is 2.21. The van der Waals surface area contributed by atoms with E-state index >= 15 is 0 Å². The largest absolute Gasteiger partial charge is 0.417 e. The number of rotatable bonds is 5. The van der Waals surface area contributed by atoms with Gasteiger partial charge in [-0.2, -0.15) is 8.78 Å². The quantitative estimate of drug-likeness (QED) is 0.773. The lowest BCUT2D eigenvalue weighted by Crippen LogP contribution is -2.44. The average molecular weight is 315 g/mol. The number of hydrogen-bond donors (Lipinski definition) is 3. The molecule has 0 bridgehead atoms. The van der Waals surface area contributed by atoms with Gasteiger partial charge in [-0.15, -0.1) is 0 Å². The van der Waals surface area contributed by atoms with E-state index in [1.54, 1.807) is 6.07 Å². The molecule has 122 valence electrons. The summed E-state index contributed by atoms with van der Waals surface area (Å²) in [6.45, 7) is -2.76. The number of urea groups is 1. The molecule has 8 heteroatoms. The second-order valence-electron chi connectivity index (χ2n) is 5.23. The predicted octanol–water partition coefficient (Wildman–Crippen LogP) is 1.79. The Kier molecular flexibility index (Phi) is 5.88. The van der Waals surface area contributed by atoms with Crippen LogP contribution in [-0.2, 0) is 6.54 Å². The van der Waals surface area contributed by atoms with Crippen LogP contribution < -0.4 is 15.4 Å². The molecule has 6 nitrogen and oxygen atoms in total. The summed E-state index contributed by atoms with van der Waals surface area (Å²) in [5, 5.41) is 15.0. The van der Waals surface area contributed by atoms with E-state index < -0.39 is 6.61 Å². The second-order valence-corrected chi connectivity index (χ2v) is 5.23. The van der Waals surface area contributed by atoms with Gasteiger partial charge in [-0.25, -0.2) is 9.78 Å². The van der Waals surface area contributed by atoms with E-state index in [-0.39, 0.29) is 30.6 Å². The maximum atomic E-state index is 12.1. The molecule has 1 saturated carbocycles. The molecular weight excluding hydrogens is 296 g/mol. The van der Waals surface area contributed by atoms with E-state index in [0.29, 0.717) is 12.0 Å². The van der Waals surface area contributed by atoms with E-state index in [9.17, 15) is 18.7 Å². The monoisotopic (exact) mass is 315 g/mol. The third-order valence-corrected chi connectivity index (χ3v) is 3.44. The molecule has 0 spiro atoms. The van der Waals surface area contributed by atoms with Gasteiger partial charge in [0.2, 0.25) is 5.88 Å². The van der Waals surface area contributed by atoms with E-state index in [1.165, 1.54) is 12.3 Å². The van der Waals surface area contributed by atoms with E-state index in [0.717, 1.165) is 19.3 Å². The van der Waals surface area contributed by atoms with E-state index in [2.05, 4.69) is 20.4 Å². The number of ether oxygens (including phenoxy) is 1. The number of aliphatic hydroxyl groups excluding tert-OH is 1. The lowest BCUT2D eigenvalue weighted by atomic mass is 9.93. The molecule has 1 aromatic heterocycles.